The van der Waals surface area contributed by atoms with Crippen molar-refractivity contribution in [3.63, 3.8) is 0 Å². The zero-order chi connectivity index (χ0) is 20.5. The number of likely N-dealkylation sites (tertiary alicyclic amines) is 1. The molecule has 30 heavy (non-hydrogen) atoms. The third-order valence-corrected chi connectivity index (χ3v) is 6.75. The first-order valence-electron chi connectivity index (χ1n) is 10.3. The molecule has 7 nitrogen and oxygen atoms in total. The lowest BCUT2D eigenvalue weighted by atomic mass is 9.96. The molecule has 0 aliphatic carbocycles. The Morgan fingerprint density at radius 2 is 1.87 bits per heavy atom. The molecule has 5 rings (SSSR count). The minimum atomic E-state index is -0.165. The maximum Gasteiger partial charge on any atom is 0.289 e. The van der Waals surface area contributed by atoms with Gasteiger partial charge >= 0.3 is 0 Å². The van der Waals surface area contributed by atoms with Crippen LogP contribution in [0.25, 0.3) is 21.0 Å². The predicted molar refractivity (Wildman–Crippen MR) is 113 cm³/mol. The second-order valence-corrected chi connectivity index (χ2v) is 8.71. The van der Waals surface area contributed by atoms with Crippen molar-refractivity contribution in [2.45, 2.75) is 12.8 Å². The molecule has 2 aliphatic rings. The fourth-order valence-electron chi connectivity index (χ4n) is 4.11. The number of piperidine rings is 1. The lowest BCUT2D eigenvalue weighted by Gasteiger charge is -2.35. The van der Waals surface area contributed by atoms with Gasteiger partial charge in [0, 0.05) is 26.2 Å². The third-order valence-electron chi connectivity index (χ3n) is 5.70. The SMILES string of the molecule is O=C(c1ccc(-c2nc3ccccc3s2)o1)N1CCCC(C(=O)N2CCOCC2)C1. The lowest BCUT2D eigenvalue weighted by molar-refractivity contribution is -0.141. The van der Waals surface area contributed by atoms with Crippen LogP contribution in [0.15, 0.2) is 40.8 Å². The van der Waals surface area contributed by atoms with Crippen molar-refractivity contribution in [1.29, 1.82) is 0 Å². The Kier molecular flexibility index (Phi) is 5.26. The van der Waals surface area contributed by atoms with Crippen LogP contribution in [0.3, 0.4) is 0 Å². The molecule has 2 saturated heterocycles. The fraction of sp³-hybridized carbons (Fsp3) is 0.409. The van der Waals surface area contributed by atoms with E-state index in [-0.39, 0.29) is 17.7 Å². The number of hydrogen-bond acceptors (Lipinski definition) is 6. The van der Waals surface area contributed by atoms with E-state index < -0.39 is 0 Å². The van der Waals surface area contributed by atoms with Gasteiger partial charge in [-0.2, -0.15) is 0 Å². The van der Waals surface area contributed by atoms with Crippen LogP contribution in [0, 0.1) is 5.92 Å². The summed E-state index contributed by atoms with van der Waals surface area (Å²) in [6.45, 7) is 3.51. The van der Waals surface area contributed by atoms with E-state index in [1.54, 1.807) is 28.4 Å². The number of para-hydroxylation sites is 1. The highest BCUT2D eigenvalue weighted by atomic mass is 32.1. The van der Waals surface area contributed by atoms with Gasteiger partial charge < -0.3 is 19.0 Å². The van der Waals surface area contributed by atoms with Crippen LogP contribution in [0.4, 0.5) is 0 Å². The molecule has 156 valence electrons. The Hall–Kier alpha value is -2.71. The number of benzene rings is 1. The summed E-state index contributed by atoms with van der Waals surface area (Å²) in [5.74, 6) is 0.702. The summed E-state index contributed by atoms with van der Waals surface area (Å²) in [5.41, 5.74) is 0.919. The van der Waals surface area contributed by atoms with E-state index in [1.807, 2.05) is 29.2 Å². The molecule has 1 atom stereocenters. The van der Waals surface area contributed by atoms with E-state index in [0.29, 0.717) is 50.9 Å². The monoisotopic (exact) mass is 425 g/mol. The molecule has 2 aliphatic heterocycles. The van der Waals surface area contributed by atoms with Gasteiger partial charge in [0.2, 0.25) is 5.91 Å². The van der Waals surface area contributed by atoms with Gasteiger partial charge in [-0.25, -0.2) is 4.98 Å². The van der Waals surface area contributed by atoms with E-state index in [4.69, 9.17) is 9.15 Å². The molecule has 2 amide bonds. The Labute approximate surface area is 178 Å². The van der Waals surface area contributed by atoms with Crippen molar-refractivity contribution in [2.75, 3.05) is 39.4 Å². The number of hydrogen-bond donors (Lipinski definition) is 0. The van der Waals surface area contributed by atoms with Crippen LogP contribution in [-0.2, 0) is 9.53 Å². The fourth-order valence-corrected chi connectivity index (χ4v) is 5.03. The number of amides is 2. The summed E-state index contributed by atoms with van der Waals surface area (Å²) in [6.07, 6.45) is 1.63. The first-order chi connectivity index (χ1) is 14.7. The van der Waals surface area contributed by atoms with Gasteiger partial charge in [-0.15, -0.1) is 11.3 Å². The number of morpholine rings is 1. The van der Waals surface area contributed by atoms with E-state index >= 15 is 0 Å². The zero-order valence-corrected chi connectivity index (χ0v) is 17.4. The predicted octanol–water partition coefficient (Wildman–Crippen LogP) is 3.27. The molecule has 1 unspecified atom stereocenters. The van der Waals surface area contributed by atoms with Crippen molar-refractivity contribution in [3.05, 3.63) is 42.2 Å². The number of carbonyl (C=O) groups is 2. The second kappa shape index (κ2) is 8.20. The maximum absolute atomic E-state index is 13.0. The molecule has 0 N–H and O–H groups in total. The van der Waals surface area contributed by atoms with Crippen LogP contribution in [0.2, 0.25) is 0 Å². The van der Waals surface area contributed by atoms with E-state index in [1.165, 1.54) is 0 Å². The van der Waals surface area contributed by atoms with Gasteiger partial charge in [0.15, 0.2) is 16.5 Å². The summed E-state index contributed by atoms with van der Waals surface area (Å²) in [6, 6.07) is 11.4. The van der Waals surface area contributed by atoms with Crippen molar-refractivity contribution < 1.29 is 18.7 Å². The Morgan fingerprint density at radius 3 is 2.70 bits per heavy atom. The molecule has 3 aromatic rings. The molecule has 0 bridgehead atoms. The second-order valence-electron chi connectivity index (χ2n) is 7.68. The van der Waals surface area contributed by atoms with E-state index in [0.717, 1.165) is 28.1 Å². The standard InChI is InChI=1S/C22H23N3O4S/c26-21(24-10-12-28-13-11-24)15-4-3-9-25(14-15)22(27)18-8-7-17(29-18)20-23-16-5-1-2-6-19(16)30-20/h1-2,5-8,15H,3-4,9-14H2. The van der Waals surface area contributed by atoms with Crippen LogP contribution in [-0.4, -0.2) is 66.0 Å². The zero-order valence-electron chi connectivity index (χ0n) is 16.6. The average molecular weight is 426 g/mol. The smallest absolute Gasteiger partial charge is 0.289 e. The van der Waals surface area contributed by atoms with Crippen LogP contribution in [0.5, 0.6) is 0 Å². The van der Waals surface area contributed by atoms with Crippen molar-refractivity contribution in [1.82, 2.24) is 14.8 Å². The van der Waals surface area contributed by atoms with Crippen molar-refractivity contribution in [2.24, 2.45) is 5.92 Å². The lowest BCUT2D eigenvalue weighted by Crippen LogP contribution is -2.49. The summed E-state index contributed by atoms with van der Waals surface area (Å²) in [4.78, 5) is 34.1. The summed E-state index contributed by atoms with van der Waals surface area (Å²) in [7, 11) is 0. The van der Waals surface area contributed by atoms with E-state index in [9.17, 15) is 9.59 Å². The molecular weight excluding hydrogens is 402 g/mol. The molecule has 0 radical (unpaired) electrons. The Morgan fingerprint density at radius 1 is 1.03 bits per heavy atom. The Bertz CT molecular complexity index is 1040. The molecule has 1 aromatic carbocycles. The molecule has 2 aromatic heterocycles. The van der Waals surface area contributed by atoms with Gasteiger partial charge in [-0.1, -0.05) is 12.1 Å². The number of thiazole rings is 1. The number of ether oxygens (including phenoxy) is 1. The molecule has 0 saturated carbocycles. The first-order valence-corrected chi connectivity index (χ1v) is 11.1. The van der Waals surface area contributed by atoms with Gasteiger partial charge in [0.1, 0.15) is 0 Å². The largest absolute Gasteiger partial charge is 0.448 e. The maximum atomic E-state index is 13.0. The van der Waals surface area contributed by atoms with Gasteiger partial charge in [-0.05, 0) is 37.1 Å². The topological polar surface area (TPSA) is 75.9 Å². The average Bonchev–Trinajstić information content (AvgIpc) is 3.46. The molecule has 4 heterocycles. The number of furan rings is 1. The molecule has 2 fully saturated rings. The van der Waals surface area contributed by atoms with Gasteiger partial charge in [0.05, 0.1) is 29.3 Å². The van der Waals surface area contributed by atoms with Crippen LogP contribution < -0.4 is 0 Å². The van der Waals surface area contributed by atoms with Crippen molar-refractivity contribution in [3.8, 4) is 10.8 Å². The molecule has 0 spiro atoms. The van der Waals surface area contributed by atoms with Gasteiger partial charge in [0.25, 0.3) is 5.91 Å². The Balaban J connectivity index is 1.29. The highest BCUT2D eigenvalue weighted by Gasteiger charge is 2.33. The number of nitrogens with zero attached hydrogens (tertiary/aromatic N) is 3. The van der Waals surface area contributed by atoms with E-state index in [2.05, 4.69) is 4.98 Å². The van der Waals surface area contributed by atoms with Crippen LogP contribution >= 0.6 is 11.3 Å². The minimum absolute atomic E-state index is 0.130. The summed E-state index contributed by atoms with van der Waals surface area (Å²) >= 11 is 1.54. The van der Waals surface area contributed by atoms with Gasteiger partial charge in [-0.3, -0.25) is 9.59 Å². The highest BCUT2D eigenvalue weighted by molar-refractivity contribution is 7.21. The summed E-state index contributed by atoms with van der Waals surface area (Å²) in [5, 5.41) is 0.759. The quantitative estimate of drug-likeness (QED) is 0.644. The molecule has 8 heteroatoms. The number of rotatable bonds is 3. The minimum Gasteiger partial charge on any atom is -0.448 e. The van der Waals surface area contributed by atoms with Crippen LogP contribution in [0.1, 0.15) is 23.4 Å². The number of fused-ring (bicyclic) bond motifs is 1. The highest BCUT2D eigenvalue weighted by Crippen LogP contribution is 2.31. The van der Waals surface area contributed by atoms with Crippen molar-refractivity contribution >= 4 is 33.4 Å². The normalized spacial score (nSPS) is 19.9. The first kappa shape index (κ1) is 19.3. The number of aromatic nitrogens is 1. The third kappa shape index (κ3) is 3.73. The molecular formula is C22H23N3O4S. The summed E-state index contributed by atoms with van der Waals surface area (Å²) < 4.78 is 12.3. The number of carbonyl (C=O) groups excluding carboxylic acids is 2.